The summed E-state index contributed by atoms with van der Waals surface area (Å²) in [6.07, 6.45) is 8.56. The maximum Gasteiger partial charge on any atom is 0.160 e. The highest BCUT2D eigenvalue weighted by Gasteiger charge is 2.30. The van der Waals surface area contributed by atoms with E-state index in [1.54, 1.807) is 0 Å². The molecule has 2 nitrogen and oxygen atoms in total. The number of ketones is 1. The van der Waals surface area contributed by atoms with Gasteiger partial charge >= 0.3 is 0 Å². The zero-order valence-corrected chi connectivity index (χ0v) is 8.88. The summed E-state index contributed by atoms with van der Waals surface area (Å²) in [5.74, 6) is 0.368. The van der Waals surface area contributed by atoms with E-state index in [0.717, 1.165) is 24.8 Å². The van der Waals surface area contributed by atoms with Crippen molar-refractivity contribution in [1.82, 2.24) is 5.32 Å². The summed E-state index contributed by atoms with van der Waals surface area (Å²) in [5.41, 5.74) is 1.08. The molecule has 1 fully saturated rings. The zero-order chi connectivity index (χ0) is 9.97. The Labute approximate surface area is 85.8 Å². The van der Waals surface area contributed by atoms with Crippen molar-refractivity contribution in [3.8, 4) is 0 Å². The van der Waals surface area contributed by atoms with E-state index in [1.807, 2.05) is 0 Å². The molecule has 0 saturated carbocycles. The second-order valence-electron chi connectivity index (χ2n) is 4.40. The minimum atomic E-state index is 0.368. The first-order valence-corrected chi connectivity index (χ1v) is 5.80. The molecule has 2 atom stereocenters. The number of rotatable bonds is 3. The van der Waals surface area contributed by atoms with Crippen LogP contribution in [0.25, 0.3) is 0 Å². The number of carbonyl (C=O) groups is 1. The predicted molar refractivity (Wildman–Crippen MR) is 57.2 cm³/mol. The van der Waals surface area contributed by atoms with Crippen LogP contribution in [-0.2, 0) is 4.79 Å². The zero-order valence-electron chi connectivity index (χ0n) is 8.88. The van der Waals surface area contributed by atoms with E-state index in [9.17, 15) is 4.79 Å². The van der Waals surface area contributed by atoms with Crippen molar-refractivity contribution in [1.29, 1.82) is 0 Å². The lowest BCUT2D eigenvalue weighted by Crippen LogP contribution is -2.31. The number of carbonyl (C=O) groups excluding carboxylic acids is 1. The summed E-state index contributed by atoms with van der Waals surface area (Å²) in [6, 6.07) is 1.05. The molecule has 14 heavy (non-hydrogen) atoms. The minimum Gasteiger partial charge on any atom is -0.307 e. The number of fused-ring (bicyclic) bond motifs is 2. The summed E-state index contributed by atoms with van der Waals surface area (Å²) < 4.78 is 0. The summed E-state index contributed by atoms with van der Waals surface area (Å²) in [6.45, 7) is 2.07. The third-order valence-electron chi connectivity index (χ3n) is 3.29. The van der Waals surface area contributed by atoms with E-state index in [4.69, 9.17) is 0 Å². The van der Waals surface area contributed by atoms with E-state index in [-0.39, 0.29) is 0 Å². The van der Waals surface area contributed by atoms with Gasteiger partial charge in [0, 0.05) is 24.1 Å². The molecule has 2 bridgehead atoms. The van der Waals surface area contributed by atoms with Crippen molar-refractivity contribution >= 4 is 5.78 Å². The number of nitrogens with one attached hydrogen (secondary N) is 1. The second kappa shape index (κ2) is 4.26. The molecule has 2 heterocycles. The third-order valence-corrected chi connectivity index (χ3v) is 3.29. The first-order valence-electron chi connectivity index (χ1n) is 5.80. The van der Waals surface area contributed by atoms with Crippen molar-refractivity contribution in [2.24, 2.45) is 0 Å². The monoisotopic (exact) mass is 193 g/mol. The molecular formula is C12H19NO. The lowest BCUT2D eigenvalue weighted by molar-refractivity contribution is -0.115. The van der Waals surface area contributed by atoms with Crippen LogP contribution in [0.2, 0.25) is 0 Å². The summed E-state index contributed by atoms with van der Waals surface area (Å²) >= 11 is 0. The lowest BCUT2D eigenvalue weighted by atomic mass is 9.95. The minimum absolute atomic E-state index is 0.368. The van der Waals surface area contributed by atoms with Crippen molar-refractivity contribution in [3.05, 3.63) is 11.6 Å². The Kier molecular flexibility index (Phi) is 3.02. The average Bonchev–Trinajstić information content (AvgIpc) is 2.47. The fraction of sp³-hybridized carbons (Fsp3) is 0.750. The van der Waals surface area contributed by atoms with Crippen molar-refractivity contribution in [3.63, 3.8) is 0 Å². The van der Waals surface area contributed by atoms with Crippen LogP contribution in [-0.4, -0.2) is 17.9 Å². The molecule has 0 aromatic rings. The molecule has 2 aliphatic heterocycles. The largest absolute Gasteiger partial charge is 0.307 e. The van der Waals surface area contributed by atoms with Crippen LogP contribution in [0.3, 0.4) is 0 Å². The third kappa shape index (κ3) is 1.90. The molecule has 2 rings (SSSR count). The standard InChI is InChI=1S/C12H19NO/c1-2-4-12(14)10-6-3-5-9-7-8-11(10)13-9/h6,9,11,13H,2-5,7-8H2,1H3/t9-,11-/m1/s1. The number of Topliss-reactive ketones (excluding diaryl/α,β-unsaturated/α-hetero) is 1. The molecule has 0 radical (unpaired) electrons. The Morgan fingerprint density at radius 1 is 1.50 bits per heavy atom. The fourth-order valence-electron chi connectivity index (χ4n) is 2.55. The van der Waals surface area contributed by atoms with E-state index in [1.165, 1.54) is 12.8 Å². The number of hydrogen-bond donors (Lipinski definition) is 1. The Morgan fingerprint density at radius 2 is 2.36 bits per heavy atom. The summed E-state index contributed by atoms with van der Waals surface area (Å²) in [4.78, 5) is 11.8. The molecule has 0 unspecified atom stereocenters. The Morgan fingerprint density at radius 3 is 3.14 bits per heavy atom. The van der Waals surface area contributed by atoms with Crippen LogP contribution in [0.15, 0.2) is 11.6 Å². The summed E-state index contributed by atoms with van der Waals surface area (Å²) in [5, 5.41) is 3.55. The maximum atomic E-state index is 11.8. The Balaban J connectivity index is 2.08. The number of allylic oxidation sites excluding steroid dienone is 1. The SMILES string of the molecule is CCCC(=O)C1=CCC[C@@H]2CC[C@H]1N2. The van der Waals surface area contributed by atoms with Crippen LogP contribution in [0.1, 0.15) is 45.4 Å². The Bertz CT molecular complexity index is 257. The van der Waals surface area contributed by atoms with Gasteiger partial charge in [0.05, 0.1) is 0 Å². The predicted octanol–water partition coefficient (Wildman–Crippen LogP) is 2.20. The smallest absolute Gasteiger partial charge is 0.160 e. The quantitative estimate of drug-likeness (QED) is 0.744. The molecule has 1 N–H and O–H groups in total. The van der Waals surface area contributed by atoms with Gasteiger partial charge in [-0.2, -0.15) is 0 Å². The van der Waals surface area contributed by atoms with Gasteiger partial charge in [0.15, 0.2) is 5.78 Å². The maximum absolute atomic E-state index is 11.8. The van der Waals surface area contributed by atoms with Crippen LogP contribution < -0.4 is 5.32 Å². The van der Waals surface area contributed by atoms with Gasteiger partial charge in [-0.15, -0.1) is 0 Å². The average molecular weight is 193 g/mol. The lowest BCUT2D eigenvalue weighted by Gasteiger charge is -2.13. The van der Waals surface area contributed by atoms with E-state index in [2.05, 4.69) is 18.3 Å². The van der Waals surface area contributed by atoms with Crippen molar-refractivity contribution in [2.75, 3.05) is 0 Å². The Hall–Kier alpha value is -0.630. The molecule has 1 saturated heterocycles. The topological polar surface area (TPSA) is 29.1 Å². The first-order chi connectivity index (χ1) is 6.81. The molecule has 0 aliphatic carbocycles. The van der Waals surface area contributed by atoms with Gasteiger partial charge in [-0.3, -0.25) is 4.79 Å². The summed E-state index contributed by atoms with van der Waals surface area (Å²) in [7, 11) is 0. The van der Waals surface area contributed by atoms with Gasteiger partial charge in [-0.1, -0.05) is 13.0 Å². The fourth-order valence-corrected chi connectivity index (χ4v) is 2.55. The van der Waals surface area contributed by atoms with Gasteiger partial charge in [-0.25, -0.2) is 0 Å². The first kappa shape index (κ1) is 9.91. The molecule has 2 aliphatic rings. The highest BCUT2D eigenvalue weighted by atomic mass is 16.1. The normalized spacial score (nSPS) is 31.1. The van der Waals surface area contributed by atoms with Crippen molar-refractivity contribution < 1.29 is 4.79 Å². The molecule has 78 valence electrons. The van der Waals surface area contributed by atoms with Gasteiger partial charge in [0.2, 0.25) is 0 Å². The highest BCUT2D eigenvalue weighted by molar-refractivity contribution is 5.96. The van der Waals surface area contributed by atoms with Gasteiger partial charge < -0.3 is 5.32 Å². The number of hydrogen-bond acceptors (Lipinski definition) is 2. The molecule has 0 amide bonds. The van der Waals surface area contributed by atoms with Crippen molar-refractivity contribution in [2.45, 2.75) is 57.5 Å². The van der Waals surface area contributed by atoms with Gasteiger partial charge in [0.25, 0.3) is 0 Å². The molecule has 2 heteroatoms. The molecule has 0 aromatic carbocycles. The molecule has 0 spiro atoms. The van der Waals surface area contributed by atoms with Crippen LogP contribution in [0, 0.1) is 0 Å². The molecule has 0 aromatic heterocycles. The van der Waals surface area contributed by atoms with Crippen LogP contribution >= 0.6 is 0 Å². The van der Waals surface area contributed by atoms with E-state index < -0.39 is 0 Å². The molecular weight excluding hydrogens is 174 g/mol. The van der Waals surface area contributed by atoms with E-state index >= 15 is 0 Å². The highest BCUT2D eigenvalue weighted by Crippen LogP contribution is 2.27. The van der Waals surface area contributed by atoms with Gasteiger partial charge in [-0.05, 0) is 32.1 Å². The van der Waals surface area contributed by atoms with E-state index in [0.29, 0.717) is 24.3 Å². The van der Waals surface area contributed by atoms with Gasteiger partial charge in [0.1, 0.15) is 0 Å². The van der Waals surface area contributed by atoms with Crippen LogP contribution in [0.5, 0.6) is 0 Å². The second-order valence-corrected chi connectivity index (χ2v) is 4.40. The van der Waals surface area contributed by atoms with Crippen LogP contribution in [0.4, 0.5) is 0 Å².